The van der Waals surface area contributed by atoms with Crippen molar-refractivity contribution in [1.82, 2.24) is 0 Å². The molecule has 0 spiro atoms. The summed E-state index contributed by atoms with van der Waals surface area (Å²) in [6.45, 7) is 10.7. The average molecular weight is 299 g/mol. The van der Waals surface area contributed by atoms with E-state index in [0.29, 0.717) is 6.42 Å². The van der Waals surface area contributed by atoms with Gasteiger partial charge in [0.1, 0.15) is 11.2 Å². The molecular weight excluding hydrogens is 274 g/mol. The Morgan fingerprint density at radius 1 is 1.05 bits per heavy atom. The molecule has 0 N–H and O–H groups in total. The van der Waals surface area contributed by atoms with Gasteiger partial charge in [-0.3, -0.25) is 9.59 Å². The lowest BCUT2D eigenvalue weighted by Crippen LogP contribution is -2.38. The molecule has 1 aliphatic heterocycles. The monoisotopic (exact) mass is 299 g/mol. The zero-order valence-corrected chi connectivity index (χ0v) is 13.7. The van der Waals surface area contributed by atoms with E-state index < -0.39 is 28.7 Å². The van der Waals surface area contributed by atoms with Crippen LogP contribution in [0, 0.1) is 0 Å². The van der Waals surface area contributed by atoms with Crippen LogP contribution in [-0.2, 0) is 23.9 Å². The van der Waals surface area contributed by atoms with Crippen LogP contribution < -0.4 is 0 Å². The number of rotatable bonds is 4. The summed E-state index contributed by atoms with van der Waals surface area (Å²) in [5, 5.41) is 3.70. The Labute approximate surface area is 125 Å². The lowest BCUT2D eigenvalue weighted by Gasteiger charge is -2.28. The number of hydrogen-bond acceptors (Lipinski definition) is 6. The Hall–Kier alpha value is -1.59. The molecule has 0 amide bonds. The van der Waals surface area contributed by atoms with Gasteiger partial charge in [-0.25, -0.2) is 0 Å². The van der Waals surface area contributed by atoms with Crippen molar-refractivity contribution in [1.29, 1.82) is 0 Å². The fraction of sp³-hybridized carbons (Fsp3) is 0.800. The van der Waals surface area contributed by atoms with Crippen LogP contribution in [-0.4, -0.2) is 35.0 Å². The van der Waals surface area contributed by atoms with Gasteiger partial charge >= 0.3 is 11.9 Å². The molecule has 1 rings (SSSR count). The minimum absolute atomic E-state index is 0.0382. The van der Waals surface area contributed by atoms with Gasteiger partial charge in [-0.2, -0.15) is 0 Å². The molecule has 21 heavy (non-hydrogen) atoms. The summed E-state index contributed by atoms with van der Waals surface area (Å²) in [4.78, 5) is 29.2. The van der Waals surface area contributed by atoms with E-state index in [-0.39, 0.29) is 12.8 Å². The molecule has 0 saturated carbocycles. The summed E-state index contributed by atoms with van der Waals surface area (Å²) >= 11 is 0. The van der Waals surface area contributed by atoms with Crippen molar-refractivity contribution < 1.29 is 23.9 Å². The SMILES string of the molecule is CC(C)(C)OC(=O)CC1(CC(=O)OC(C)(C)C)CC=NO1. The van der Waals surface area contributed by atoms with Gasteiger partial charge in [-0.1, -0.05) is 5.16 Å². The van der Waals surface area contributed by atoms with Crippen LogP contribution >= 0.6 is 0 Å². The number of carbonyl (C=O) groups is 2. The molecule has 0 saturated heterocycles. The predicted molar refractivity (Wildman–Crippen MR) is 77.8 cm³/mol. The molecule has 0 unspecified atom stereocenters. The molecule has 6 heteroatoms. The topological polar surface area (TPSA) is 74.2 Å². The van der Waals surface area contributed by atoms with Crippen LogP contribution in [0.3, 0.4) is 0 Å². The van der Waals surface area contributed by atoms with E-state index >= 15 is 0 Å². The summed E-state index contributed by atoms with van der Waals surface area (Å²) in [5.74, 6) is -0.840. The first kappa shape index (κ1) is 17.5. The Morgan fingerprint density at radius 2 is 1.48 bits per heavy atom. The van der Waals surface area contributed by atoms with Crippen molar-refractivity contribution in [3.8, 4) is 0 Å². The van der Waals surface area contributed by atoms with E-state index in [1.807, 2.05) is 0 Å². The largest absolute Gasteiger partial charge is 0.460 e. The zero-order valence-electron chi connectivity index (χ0n) is 13.7. The number of oxime groups is 1. The molecule has 0 aliphatic carbocycles. The molecular formula is C15H25NO5. The lowest BCUT2D eigenvalue weighted by atomic mass is 9.92. The number of hydrogen-bond donors (Lipinski definition) is 0. The zero-order chi connectivity index (χ0) is 16.3. The summed E-state index contributed by atoms with van der Waals surface area (Å²) in [6, 6.07) is 0. The fourth-order valence-corrected chi connectivity index (χ4v) is 1.94. The van der Waals surface area contributed by atoms with Crippen molar-refractivity contribution in [2.45, 2.75) is 77.6 Å². The first-order valence-corrected chi connectivity index (χ1v) is 7.05. The van der Waals surface area contributed by atoms with Crippen LogP contribution in [0.5, 0.6) is 0 Å². The lowest BCUT2D eigenvalue weighted by molar-refractivity contribution is -0.169. The van der Waals surface area contributed by atoms with E-state index in [1.54, 1.807) is 47.8 Å². The quantitative estimate of drug-likeness (QED) is 0.746. The number of ether oxygens (including phenoxy) is 2. The van der Waals surface area contributed by atoms with E-state index in [9.17, 15) is 9.59 Å². The van der Waals surface area contributed by atoms with Crippen LogP contribution in [0.15, 0.2) is 5.16 Å². The predicted octanol–water partition coefficient (Wildman–Crippen LogP) is 2.59. The first-order chi connectivity index (χ1) is 9.41. The molecule has 0 aromatic rings. The molecule has 0 atom stereocenters. The fourth-order valence-electron chi connectivity index (χ4n) is 1.94. The van der Waals surface area contributed by atoms with E-state index in [0.717, 1.165) is 0 Å². The van der Waals surface area contributed by atoms with Crippen molar-refractivity contribution in [3.05, 3.63) is 0 Å². The van der Waals surface area contributed by atoms with Gasteiger partial charge < -0.3 is 14.3 Å². The van der Waals surface area contributed by atoms with Gasteiger partial charge in [0.2, 0.25) is 0 Å². The molecule has 0 aromatic carbocycles. The first-order valence-electron chi connectivity index (χ1n) is 7.05. The molecule has 0 aromatic heterocycles. The van der Waals surface area contributed by atoms with E-state index in [2.05, 4.69) is 5.16 Å². The molecule has 120 valence electrons. The van der Waals surface area contributed by atoms with Crippen molar-refractivity contribution in [3.63, 3.8) is 0 Å². The third-order valence-electron chi connectivity index (χ3n) is 2.56. The summed E-state index contributed by atoms with van der Waals surface area (Å²) in [7, 11) is 0. The number of carbonyl (C=O) groups excluding carboxylic acids is 2. The average Bonchev–Trinajstić information content (AvgIpc) is 2.58. The third kappa shape index (κ3) is 6.60. The molecule has 0 radical (unpaired) electrons. The Bertz CT molecular complexity index is 388. The van der Waals surface area contributed by atoms with Gasteiger partial charge in [-0.05, 0) is 41.5 Å². The highest BCUT2D eigenvalue weighted by molar-refractivity contribution is 5.77. The van der Waals surface area contributed by atoms with Crippen molar-refractivity contribution in [2.24, 2.45) is 5.16 Å². The minimum Gasteiger partial charge on any atom is -0.460 e. The maximum absolute atomic E-state index is 12.0. The Balaban J connectivity index is 2.67. The Morgan fingerprint density at radius 3 is 1.76 bits per heavy atom. The molecule has 1 aliphatic rings. The smallest absolute Gasteiger partial charge is 0.310 e. The second kappa shape index (κ2) is 6.03. The second-order valence-corrected chi connectivity index (χ2v) is 7.29. The summed E-state index contributed by atoms with van der Waals surface area (Å²) in [6.07, 6.45) is 1.85. The highest BCUT2D eigenvalue weighted by Gasteiger charge is 2.42. The van der Waals surface area contributed by atoms with E-state index in [1.165, 1.54) is 0 Å². The van der Waals surface area contributed by atoms with Gasteiger partial charge in [-0.15, -0.1) is 0 Å². The highest BCUT2D eigenvalue weighted by atomic mass is 16.7. The van der Waals surface area contributed by atoms with Crippen LogP contribution in [0.2, 0.25) is 0 Å². The molecule has 0 fully saturated rings. The standard InChI is InChI=1S/C15H25NO5/c1-13(2,3)19-11(17)9-15(7-8-16-21-15)10-12(18)20-14(4,5)6/h8H,7,9-10H2,1-6H3. The summed E-state index contributed by atoms with van der Waals surface area (Å²) in [5.41, 5.74) is -2.15. The Kier molecular flexibility index (Phi) is 5.02. The normalized spacial score (nSPS) is 17.2. The van der Waals surface area contributed by atoms with Crippen molar-refractivity contribution >= 4 is 18.2 Å². The molecule has 0 bridgehead atoms. The molecule has 6 nitrogen and oxygen atoms in total. The minimum atomic E-state index is -0.995. The summed E-state index contributed by atoms with van der Waals surface area (Å²) < 4.78 is 10.6. The number of nitrogens with zero attached hydrogens (tertiary/aromatic N) is 1. The van der Waals surface area contributed by atoms with Crippen LogP contribution in [0.4, 0.5) is 0 Å². The van der Waals surface area contributed by atoms with Crippen molar-refractivity contribution in [2.75, 3.05) is 0 Å². The maximum atomic E-state index is 12.0. The van der Waals surface area contributed by atoms with Gasteiger partial charge in [0.25, 0.3) is 0 Å². The van der Waals surface area contributed by atoms with Crippen LogP contribution in [0.25, 0.3) is 0 Å². The van der Waals surface area contributed by atoms with Gasteiger partial charge in [0.05, 0.1) is 12.8 Å². The second-order valence-electron chi connectivity index (χ2n) is 7.29. The van der Waals surface area contributed by atoms with Crippen LogP contribution in [0.1, 0.15) is 60.8 Å². The maximum Gasteiger partial charge on any atom is 0.310 e. The van der Waals surface area contributed by atoms with E-state index in [4.69, 9.17) is 14.3 Å². The van der Waals surface area contributed by atoms with Gasteiger partial charge in [0.15, 0.2) is 5.60 Å². The highest BCUT2D eigenvalue weighted by Crippen LogP contribution is 2.31. The molecule has 1 heterocycles. The third-order valence-corrected chi connectivity index (χ3v) is 2.56. The number of esters is 2. The van der Waals surface area contributed by atoms with Gasteiger partial charge in [0, 0.05) is 12.6 Å².